The van der Waals surface area contributed by atoms with Crippen molar-refractivity contribution in [2.75, 3.05) is 50.9 Å². The molecule has 15 heteroatoms. The number of sulfonamides is 1. The Kier molecular flexibility index (Phi) is 9.38. The predicted octanol–water partition coefficient (Wildman–Crippen LogP) is 1.89. The van der Waals surface area contributed by atoms with E-state index in [0.29, 0.717) is 5.69 Å². The molecule has 1 aromatic rings. The number of hydrogen-bond acceptors (Lipinski definition) is 7. The fraction of sp³-hybridized carbons (Fsp3) is 0.632. The Morgan fingerprint density at radius 1 is 1.15 bits per heavy atom. The van der Waals surface area contributed by atoms with E-state index < -0.39 is 39.6 Å². The van der Waals surface area contributed by atoms with Crippen molar-refractivity contribution in [2.24, 2.45) is 0 Å². The van der Waals surface area contributed by atoms with E-state index in [0.717, 1.165) is 0 Å². The van der Waals surface area contributed by atoms with Crippen molar-refractivity contribution in [3.63, 3.8) is 0 Å². The van der Waals surface area contributed by atoms with Crippen LogP contribution in [0.25, 0.3) is 0 Å². The molecule has 1 aromatic carbocycles. The Hall–Kier alpha value is -1.87. The monoisotopic (exact) mass is 535 g/mol. The second kappa shape index (κ2) is 11.2. The fourth-order valence-electron chi connectivity index (χ4n) is 3.83. The first kappa shape index (κ1) is 28.4. The third-order valence-electron chi connectivity index (χ3n) is 5.84. The van der Waals surface area contributed by atoms with Crippen LogP contribution in [0.4, 0.5) is 23.2 Å². The van der Waals surface area contributed by atoms with Crippen molar-refractivity contribution < 1.29 is 45.5 Å². The van der Waals surface area contributed by atoms with Crippen LogP contribution in [0.1, 0.15) is 12.8 Å². The summed E-state index contributed by atoms with van der Waals surface area (Å²) in [5, 5.41) is 9.12. The van der Waals surface area contributed by atoms with E-state index in [9.17, 15) is 30.8 Å². The van der Waals surface area contributed by atoms with Crippen molar-refractivity contribution in [2.45, 2.75) is 29.9 Å². The number of amides is 1. The van der Waals surface area contributed by atoms with Crippen LogP contribution < -0.4 is 15.1 Å². The van der Waals surface area contributed by atoms with Gasteiger partial charge in [0.05, 0.1) is 0 Å². The molecule has 194 valence electrons. The van der Waals surface area contributed by atoms with Gasteiger partial charge in [-0.15, -0.1) is 12.4 Å². The van der Waals surface area contributed by atoms with Crippen LogP contribution in [-0.2, 0) is 19.6 Å². The number of benzene rings is 1. The van der Waals surface area contributed by atoms with Gasteiger partial charge in [0.1, 0.15) is 5.75 Å². The molecule has 0 spiro atoms. The maximum Gasteiger partial charge on any atom is 0.340 e. The molecule has 2 saturated heterocycles. The normalized spacial score (nSPS) is 19.4. The van der Waals surface area contributed by atoms with Crippen molar-refractivity contribution >= 4 is 34.0 Å². The average Bonchev–Trinajstić information content (AvgIpc) is 2.83. The zero-order chi connectivity index (χ0) is 24.3. The van der Waals surface area contributed by atoms with Gasteiger partial charge in [-0.25, -0.2) is 22.7 Å². The molecule has 0 aromatic heterocycles. The molecule has 34 heavy (non-hydrogen) atoms. The molecule has 0 unspecified atom stereocenters. The number of hydrogen-bond donors (Lipinski definition) is 2. The lowest BCUT2D eigenvalue weighted by Gasteiger charge is -2.42. The predicted molar refractivity (Wildman–Crippen MR) is 116 cm³/mol. The van der Waals surface area contributed by atoms with E-state index in [1.54, 1.807) is 12.1 Å². The molecule has 2 heterocycles. The summed E-state index contributed by atoms with van der Waals surface area (Å²) >= 11 is 0. The van der Waals surface area contributed by atoms with Gasteiger partial charge in [0, 0.05) is 57.9 Å². The third kappa shape index (κ3) is 5.67. The number of halogens is 5. The van der Waals surface area contributed by atoms with Gasteiger partial charge in [-0.2, -0.15) is 13.1 Å². The summed E-state index contributed by atoms with van der Waals surface area (Å²) in [6, 6.07) is 5.84. The van der Waals surface area contributed by atoms with E-state index in [4.69, 9.17) is 14.7 Å². The maximum absolute atomic E-state index is 13.3. The Morgan fingerprint density at radius 3 is 2.21 bits per heavy atom. The van der Waals surface area contributed by atoms with Crippen molar-refractivity contribution in [1.29, 1.82) is 0 Å². The maximum atomic E-state index is 13.3. The van der Waals surface area contributed by atoms with Crippen LogP contribution in [0.15, 0.2) is 24.3 Å². The summed E-state index contributed by atoms with van der Waals surface area (Å²) < 4.78 is 86.4. The summed E-state index contributed by atoms with van der Waals surface area (Å²) in [6.07, 6.45) is -3.98. The Bertz CT molecular complexity index is 924. The first-order valence-electron chi connectivity index (χ1n) is 10.2. The summed E-state index contributed by atoms with van der Waals surface area (Å²) in [5.41, 5.74) is 2.14. The minimum absolute atomic E-state index is 0. The molecule has 9 nitrogen and oxygen atoms in total. The van der Waals surface area contributed by atoms with Crippen LogP contribution in [0.2, 0.25) is 0 Å². The SMILES string of the molecule is Cl.O=C(NO)C1(S(=O)(=O)N2CCN(c3ccc(OCC(F)(F)C(F)F)cc3)CC2)CCOCC1. The van der Waals surface area contributed by atoms with Gasteiger partial charge in [0.15, 0.2) is 11.4 Å². The molecular weight excluding hydrogens is 510 g/mol. The Morgan fingerprint density at radius 2 is 1.71 bits per heavy atom. The second-order valence-corrected chi connectivity index (χ2v) is 10.0. The van der Waals surface area contributed by atoms with Gasteiger partial charge in [0.25, 0.3) is 5.91 Å². The topological polar surface area (TPSA) is 108 Å². The Balaban J connectivity index is 0.00000408. The number of nitrogens with zero attached hydrogens (tertiary/aromatic N) is 2. The zero-order valence-electron chi connectivity index (χ0n) is 18.0. The van der Waals surface area contributed by atoms with Crippen molar-refractivity contribution in [1.82, 2.24) is 9.79 Å². The van der Waals surface area contributed by atoms with E-state index in [-0.39, 0.29) is 70.4 Å². The van der Waals surface area contributed by atoms with E-state index >= 15 is 0 Å². The largest absolute Gasteiger partial charge is 0.487 e. The standard InChI is InChI=1S/C19H25F4N3O6S.ClH/c20-16(21)19(22,23)13-32-15-3-1-14(2-4-15)25-7-9-26(10-8-25)33(29,30)18(17(27)24-28)5-11-31-12-6-18;/h1-4,16,28H,5-13H2,(H,24,27);1H. The molecule has 2 fully saturated rings. The number of rotatable bonds is 8. The lowest BCUT2D eigenvalue weighted by atomic mass is 9.98. The van der Waals surface area contributed by atoms with Gasteiger partial charge in [-0.3, -0.25) is 10.0 Å². The van der Waals surface area contributed by atoms with Crippen LogP contribution in [-0.4, -0.2) is 86.9 Å². The molecule has 1 amide bonds. The minimum atomic E-state index is -4.25. The number of nitrogens with one attached hydrogen (secondary N) is 1. The quantitative estimate of drug-likeness (QED) is 0.297. The summed E-state index contributed by atoms with van der Waals surface area (Å²) in [5.74, 6) is -5.24. The number of alkyl halides is 4. The number of hydroxylamine groups is 1. The molecule has 3 rings (SSSR count). The number of carbonyl (C=O) groups is 1. The molecule has 0 saturated carbocycles. The summed E-state index contributed by atoms with van der Waals surface area (Å²) in [7, 11) is -4.10. The van der Waals surface area contributed by atoms with Gasteiger partial charge in [-0.1, -0.05) is 0 Å². The Labute approximate surface area is 200 Å². The molecule has 0 aliphatic carbocycles. The highest BCUT2D eigenvalue weighted by atomic mass is 35.5. The lowest BCUT2D eigenvalue weighted by molar-refractivity contribution is -0.148. The molecule has 2 aliphatic heterocycles. The molecule has 2 N–H and O–H groups in total. The molecule has 0 atom stereocenters. The summed E-state index contributed by atoms with van der Waals surface area (Å²) in [4.78, 5) is 14.2. The molecule has 0 radical (unpaired) electrons. The number of piperazine rings is 1. The third-order valence-corrected chi connectivity index (χ3v) is 8.47. The van der Waals surface area contributed by atoms with E-state index in [2.05, 4.69) is 0 Å². The average molecular weight is 536 g/mol. The molecule has 2 aliphatic rings. The highest BCUT2D eigenvalue weighted by Crippen LogP contribution is 2.34. The first-order valence-corrected chi connectivity index (χ1v) is 11.6. The van der Waals surface area contributed by atoms with Crippen LogP contribution in [0, 0.1) is 0 Å². The van der Waals surface area contributed by atoms with Gasteiger partial charge in [0.2, 0.25) is 10.0 Å². The van der Waals surface area contributed by atoms with E-state index in [1.165, 1.54) is 21.9 Å². The fourth-order valence-corrected chi connectivity index (χ4v) is 5.94. The van der Waals surface area contributed by atoms with E-state index in [1.807, 2.05) is 4.90 Å². The minimum Gasteiger partial charge on any atom is -0.487 e. The molecular formula is C19H26ClF4N3O6S. The van der Waals surface area contributed by atoms with Gasteiger partial charge in [-0.05, 0) is 24.3 Å². The van der Waals surface area contributed by atoms with Crippen molar-refractivity contribution in [3.8, 4) is 5.75 Å². The van der Waals surface area contributed by atoms with Gasteiger partial charge >= 0.3 is 12.3 Å². The lowest BCUT2D eigenvalue weighted by Crippen LogP contribution is -2.62. The smallest absolute Gasteiger partial charge is 0.340 e. The van der Waals surface area contributed by atoms with Crippen LogP contribution in [0.5, 0.6) is 5.75 Å². The van der Waals surface area contributed by atoms with Crippen LogP contribution in [0.3, 0.4) is 0 Å². The zero-order valence-corrected chi connectivity index (χ0v) is 19.6. The van der Waals surface area contributed by atoms with Crippen molar-refractivity contribution in [3.05, 3.63) is 24.3 Å². The number of carbonyl (C=O) groups excluding carboxylic acids is 1. The van der Waals surface area contributed by atoms with Gasteiger partial charge < -0.3 is 14.4 Å². The highest BCUT2D eigenvalue weighted by molar-refractivity contribution is 7.91. The van der Waals surface area contributed by atoms with Crippen LogP contribution >= 0.6 is 12.4 Å². The molecule has 0 bridgehead atoms. The summed E-state index contributed by atoms with van der Waals surface area (Å²) in [6.45, 7) is -0.555. The first-order chi connectivity index (χ1) is 15.5. The second-order valence-electron chi connectivity index (χ2n) is 7.78. The number of anilines is 1. The highest BCUT2D eigenvalue weighted by Gasteiger charge is 2.54. The number of ether oxygens (including phenoxy) is 2.